The lowest BCUT2D eigenvalue weighted by molar-refractivity contribution is -0.137. The second kappa shape index (κ2) is 11.1. The van der Waals surface area contributed by atoms with E-state index in [0.717, 1.165) is 38.7 Å². The van der Waals surface area contributed by atoms with Gasteiger partial charge in [0.05, 0.1) is 6.61 Å². The van der Waals surface area contributed by atoms with Crippen LogP contribution >= 0.6 is 0 Å². The molecule has 1 N–H and O–H groups in total. The van der Waals surface area contributed by atoms with E-state index in [1.807, 2.05) is 24.3 Å². The molecule has 0 bridgehead atoms. The molecule has 0 heterocycles. The number of carbonyl (C=O) groups is 1. The highest BCUT2D eigenvalue weighted by atomic mass is 16.5. The Labute approximate surface area is 127 Å². The van der Waals surface area contributed by atoms with Crippen molar-refractivity contribution < 1.29 is 14.6 Å². The summed E-state index contributed by atoms with van der Waals surface area (Å²) in [5.74, 6) is -0.275. The molecule has 116 valence electrons. The number of allylic oxidation sites excluding steroid dienone is 1. The van der Waals surface area contributed by atoms with Crippen LogP contribution in [0.2, 0.25) is 0 Å². The first-order valence-electron chi connectivity index (χ1n) is 7.66. The molecule has 0 radical (unpaired) electrons. The normalized spacial score (nSPS) is 12.0. The quantitative estimate of drug-likeness (QED) is 0.457. The zero-order valence-corrected chi connectivity index (χ0v) is 12.7. The number of carboxylic acids is 1. The van der Waals surface area contributed by atoms with Gasteiger partial charge in [-0.1, -0.05) is 49.2 Å². The number of benzene rings is 1. The van der Waals surface area contributed by atoms with Crippen molar-refractivity contribution >= 4 is 5.97 Å². The topological polar surface area (TPSA) is 46.5 Å². The zero-order chi connectivity index (χ0) is 15.3. The van der Waals surface area contributed by atoms with Crippen molar-refractivity contribution in [3.8, 4) is 0 Å². The van der Waals surface area contributed by atoms with Gasteiger partial charge in [0.15, 0.2) is 0 Å². The van der Waals surface area contributed by atoms with Gasteiger partial charge < -0.3 is 9.84 Å². The third-order valence-electron chi connectivity index (χ3n) is 3.53. The van der Waals surface area contributed by atoms with E-state index < -0.39 is 5.97 Å². The van der Waals surface area contributed by atoms with Gasteiger partial charge in [0, 0.05) is 13.0 Å². The number of unbranched alkanes of at least 4 members (excludes halogenated alkanes) is 1. The van der Waals surface area contributed by atoms with Crippen LogP contribution in [0, 0.1) is 5.92 Å². The second-order valence-corrected chi connectivity index (χ2v) is 5.36. The summed E-state index contributed by atoms with van der Waals surface area (Å²) in [6, 6.07) is 10.2. The Morgan fingerprint density at radius 1 is 1.24 bits per heavy atom. The Morgan fingerprint density at radius 2 is 2.00 bits per heavy atom. The number of hydrogen-bond acceptors (Lipinski definition) is 2. The van der Waals surface area contributed by atoms with E-state index >= 15 is 0 Å². The van der Waals surface area contributed by atoms with E-state index in [9.17, 15) is 4.79 Å². The minimum atomic E-state index is -0.713. The summed E-state index contributed by atoms with van der Waals surface area (Å²) < 4.78 is 5.65. The van der Waals surface area contributed by atoms with Crippen molar-refractivity contribution in [1.29, 1.82) is 0 Å². The van der Waals surface area contributed by atoms with Crippen molar-refractivity contribution in [1.82, 2.24) is 0 Å². The van der Waals surface area contributed by atoms with E-state index in [1.54, 1.807) is 0 Å². The summed E-state index contributed by atoms with van der Waals surface area (Å²) in [4.78, 5) is 10.6. The molecule has 0 spiro atoms. The van der Waals surface area contributed by atoms with Crippen molar-refractivity contribution in [2.75, 3.05) is 6.61 Å². The van der Waals surface area contributed by atoms with Crippen LogP contribution in [0.4, 0.5) is 0 Å². The summed E-state index contributed by atoms with van der Waals surface area (Å²) in [6.45, 7) is 5.17. The SMILES string of the molecule is C=CC[C@@H](CCCCOCc1ccccc1)CCC(=O)O. The van der Waals surface area contributed by atoms with E-state index in [1.165, 1.54) is 5.56 Å². The number of aliphatic carboxylic acids is 1. The maximum absolute atomic E-state index is 10.6. The molecule has 0 aliphatic rings. The van der Waals surface area contributed by atoms with Gasteiger partial charge >= 0.3 is 5.97 Å². The third-order valence-corrected chi connectivity index (χ3v) is 3.53. The Morgan fingerprint density at radius 3 is 2.67 bits per heavy atom. The highest BCUT2D eigenvalue weighted by molar-refractivity contribution is 5.66. The zero-order valence-electron chi connectivity index (χ0n) is 12.7. The summed E-state index contributed by atoms with van der Waals surface area (Å²) in [5, 5.41) is 8.73. The first kappa shape index (κ1) is 17.4. The molecule has 1 atom stereocenters. The van der Waals surface area contributed by atoms with Gasteiger partial charge in [0.1, 0.15) is 0 Å². The van der Waals surface area contributed by atoms with Crippen molar-refractivity contribution in [3.05, 3.63) is 48.6 Å². The van der Waals surface area contributed by atoms with Gasteiger partial charge in [-0.3, -0.25) is 4.79 Å². The van der Waals surface area contributed by atoms with Crippen LogP contribution in [0.15, 0.2) is 43.0 Å². The average molecular weight is 290 g/mol. The predicted octanol–water partition coefficient (Wildman–Crippen LogP) is 4.43. The van der Waals surface area contributed by atoms with Crippen LogP contribution < -0.4 is 0 Å². The maximum atomic E-state index is 10.6. The Bertz CT molecular complexity index is 400. The van der Waals surface area contributed by atoms with Crippen molar-refractivity contribution in [2.45, 2.75) is 45.1 Å². The fourth-order valence-electron chi connectivity index (χ4n) is 2.34. The molecule has 3 nitrogen and oxygen atoms in total. The van der Waals surface area contributed by atoms with Crippen LogP contribution in [-0.2, 0) is 16.1 Å². The standard InChI is InChI=1S/C18H26O3/c1-2-8-16(12-13-18(19)20)9-6-7-14-21-15-17-10-4-3-5-11-17/h2-5,10-11,16H,1,6-9,12-15H2,(H,19,20)/t16-/m0/s1. The minimum absolute atomic E-state index is 0.253. The minimum Gasteiger partial charge on any atom is -0.481 e. The molecular formula is C18H26O3. The Balaban J connectivity index is 2.07. The molecule has 3 heteroatoms. The fraction of sp³-hybridized carbons (Fsp3) is 0.500. The molecule has 1 rings (SSSR count). The van der Waals surface area contributed by atoms with Gasteiger partial charge in [-0.2, -0.15) is 0 Å². The first-order chi connectivity index (χ1) is 10.2. The van der Waals surface area contributed by atoms with Gasteiger partial charge in [-0.15, -0.1) is 6.58 Å². The number of carboxylic acid groups (broad SMARTS) is 1. The van der Waals surface area contributed by atoms with Crippen LogP contribution in [0.5, 0.6) is 0 Å². The van der Waals surface area contributed by atoms with Gasteiger partial charge in [0.2, 0.25) is 0 Å². The second-order valence-electron chi connectivity index (χ2n) is 5.36. The lowest BCUT2D eigenvalue weighted by atomic mass is 9.93. The Hall–Kier alpha value is -1.61. The molecule has 1 aromatic carbocycles. The smallest absolute Gasteiger partial charge is 0.303 e. The molecule has 0 aromatic heterocycles. The Kier molecular flexibility index (Phi) is 9.21. The summed E-state index contributed by atoms with van der Waals surface area (Å²) in [7, 11) is 0. The molecule has 0 saturated heterocycles. The first-order valence-corrected chi connectivity index (χ1v) is 7.66. The molecule has 1 aromatic rings. The monoisotopic (exact) mass is 290 g/mol. The van der Waals surface area contributed by atoms with Crippen molar-refractivity contribution in [2.24, 2.45) is 5.92 Å². The molecule has 0 saturated carbocycles. The molecule has 0 fully saturated rings. The summed E-state index contributed by atoms with van der Waals surface area (Å²) >= 11 is 0. The molecule has 0 amide bonds. The van der Waals surface area contributed by atoms with Crippen molar-refractivity contribution in [3.63, 3.8) is 0 Å². The molecular weight excluding hydrogens is 264 g/mol. The van der Waals surface area contributed by atoms with E-state index in [4.69, 9.17) is 9.84 Å². The number of ether oxygens (including phenoxy) is 1. The lowest BCUT2D eigenvalue weighted by Crippen LogP contribution is -2.05. The van der Waals surface area contributed by atoms with Crippen LogP contribution in [-0.4, -0.2) is 17.7 Å². The maximum Gasteiger partial charge on any atom is 0.303 e. The van der Waals surface area contributed by atoms with E-state index in [-0.39, 0.29) is 6.42 Å². The van der Waals surface area contributed by atoms with Crippen LogP contribution in [0.3, 0.4) is 0 Å². The van der Waals surface area contributed by atoms with Gasteiger partial charge in [-0.05, 0) is 30.7 Å². The molecule has 0 aliphatic heterocycles. The van der Waals surface area contributed by atoms with E-state index in [2.05, 4.69) is 18.7 Å². The van der Waals surface area contributed by atoms with E-state index in [0.29, 0.717) is 12.5 Å². The number of rotatable bonds is 12. The van der Waals surface area contributed by atoms with Gasteiger partial charge in [-0.25, -0.2) is 0 Å². The molecule has 0 aliphatic carbocycles. The summed E-state index contributed by atoms with van der Waals surface area (Å²) in [6.07, 6.45) is 6.93. The fourth-order valence-corrected chi connectivity index (χ4v) is 2.34. The molecule has 21 heavy (non-hydrogen) atoms. The summed E-state index contributed by atoms with van der Waals surface area (Å²) in [5.41, 5.74) is 1.20. The molecule has 0 unspecified atom stereocenters. The number of hydrogen-bond donors (Lipinski definition) is 1. The van der Waals surface area contributed by atoms with Crippen LogP contribution in [0.25, 0.3) is 0 Å². The average Bonchev–Trinajstić information content (AvgIpc) is 2.49. The predicted molar refractivity (Wildman–Crippen MR) is 85.1 cm³/mol. The highest BCUT2D eigenvalue weighted by Gasteiger charge is 2.09. The van der Waals surface area contributed by atoms with Crippen LogP contribution in [0.1, 0.15) is 44.1 Å². The third kappa shape index (κ3) is 9.03. The largest absolute Gasteiger partial charge is 0.481 e. The lowest BCUT2D eigenvalue weighted by Gasteiger charge is -2.13. The van der Waals surface area contributed by atoms with Gasteiger partial charge in [0.25, 0.3) is 0 Å². The highest BCUT2D eigenvalue weighted by Crippen LogP contribution is 2.19.